The van der Waals surface area contributed by atoms with Crippen molar-refractivity contribution in [3.63, 3.8) is 0 Å². The monoisotopic (exact) mass is 433 g/mol. The van der Waals surface area contributed by atoms with Crippen LogP contribution in [0, 0.1) is 0 Å². The summed E-state index contributed by atoms with van der Waals surface area (Å²) in [5.74, 6) is 0.510. The number of amides is 1. The Hall–Kier alpha value is -1.92. The van der Waals surface area contributed by atoms with Gasteiger partial charge in [0, 0.05) is 20.6 Å². The molecular formula is C17H13Br2N3O. The zero-order chi connectivity index (χ0) is 16.2. The Kier molecular flexibility index (Phi) is 4.93. The number of halogens is 2. The third-order valence-electron chi connectivity index (χ3n) is 3.31. The van der Waals surface area contributed by atoms with E-state index in [0.29, 0.717) is 17.9 Å². The van der Waals surface area contributed by atoms with Crippen LogP contribution in [-0.4, -0.2) is 15.7 Å². The van der Waals surface area contributed by atoms with E-state index in [1.807, 2.05) is 36.4 Å². The van der Waals surface area contributed by atoms with E-state index in [-0.39, 0.29) is 5.91 Å². The van der Waals surface area contributed by atoms with Gasteiger partial charge >= 0.3 is 0 Å². The average molecular weight is 435 g/mol. The van der Waals surface area contributed by atoms with E-state index >= 15 is 0 Å². The van der Waals surface area contributed by atoms with Gasteiger partial charge in [-0.05, 0) is 42.0 Å². The Labute approximate surface area is 150 Å². The van der Waals surface area contributed by atoms with Crippen LogP contribution < -0.4 is 5.32 Å². The molecule has 0 aliphatic heterocycles. The minimum Gasteiger partial charge on any atom is -0.307 e. The summed E-state index contributed by atoms with van der Waals surface area (Å²) in [5.41, 5.74) is 1.71. The Balaban J connectivity index is 1.74. The number of carbonyl (C=O) groups is 1. The van der Waals surface area contributed by atoms with Crippen molar-refractivity contribution in [2.75, 3.05) is 5.32 Å². The van der Waals surface area contributed by atoms with Crippen molar-refractivity contribution in [1.29, 1.82) is 0 Å². The standard InChI is InChI=1S/C17H13Br2N3O/c18-14-5-1-12(2-6-14)11-22-16(9-10-20-22)21-17(23)13-3-7-15(19)8-4-13/h1-10H,11H2,(H,21,23). The summed E-state index contributed by atoms with van der Waals surface area (Å²) >= 11 is 6.78. The van der Waals surface area contributed by atoms with E-state index in [2.05, 4.69) is 42.3 Å². The summed E-state index contributed by atoms with van der Waals surface area (Å²) in [6, 6.07) is 17.0. The predicted molar refractivity (Wildman–Crippen MR) is 97.6 cm³/mol. The number of rotatable bonds is 4. The molecule has 1 amide bonds. The molecule has 3 rings (SSSR count). The van der Waals surface area contributed by atoms with Gasteiger partial charge < -0.3 is 5.32 Å². The Bertz CT molecular complexity index is 811. The van der Waals surface area contributed by atoms with Gasteiger partial charge in [-0.15, -0.1) is 0 Å². The fourth-order valence-electron chi connectivity index (χ4n) is 2.12. The van der Waals surface area contributed by atoms with Gasteiger partial charge in [-0.25, -0.2) is 4.68 Å². The number of anilines is 1. The first kappa shape index (κ1) is 16.0. The highest BCUT2D eigenvalue weighted by Gasteiger charge is 2.10. The van der Waals surface area contributed by atoms with Crippen molar-refractivity contribution in [3.05, 3.63) is 80.9 Å². The van der Waals surface area contributed by atoms with Crippen LogP contribution in [0.25, 0.3) is 0 Å². The number of nitrogens with one attached hydrogen (secondary N) is 1. The molecule has 116 valence electrons. The predicted octanol–water partition coefficient (Wildman–Crippen LogP) is 4.71. The molecule has 0 saturated heterocycles. The van der Waals surface area contributed by atoms with Gasteiger partial charge in [-0.2, -0.15) is 5.10 Å². The highest BCUT2D eigenvalue weighted by molar-refractivity contribution is 9.10. The molecule has 0 aliphatic carbocycles. The summed E-state index contributed by atoms with van der Waals surface area (Å²) in [4.78, 5) is 12.3. The molecule has 0 unspecified atom stereocenters. The molecule has 0 spiro atoms. The van der Waals surface area contributed by atoms with Crippen LogP contribution >= 0.6 is 31.9 Å². The largest absolute Gasteiger partial charge is 0.307 e. The quantitative estimate of drug-likeness (QED) is 0.646. The van der Waals surface area contributed by atoms with Crippen LogP contribution in [0.3, 0.4) is 0 Å². The molecule has 2 aromatic carbocycles. The highest BCUT2D eigenvalue weighted by Crippen LogP contribution is 2.16. The molecule has 0 atom stereocenters. The van der Waals surface area contributed by atoms with Crippen molar-refractivity contribution in [3.8, 4) is 0 Å². The Morgan fingerprint density at radius 1 is 0.957 bits per heavy atom. The Morgan fingerprint density at radius 3 is 2.22 bits per heavy atom. The lowest BCUT2D eigenvalue weighted by atomic mass is 10.2. The first-order valence-corrected chi connectivity index (χ1v) is 8.53. The summed E-state index contributed by atoms with van der Waals surface area (Å²) in [6.07, 6.45) is 1.68. The second kappa shape index (κ2) is 7.10. The fourth-order valence-corrected chi connectivity index (χ4v) is 2.65. The molecule has 0 aliphatic rings. The van der Waals surface area contributed by atoms with Crippen molar-refractivity contribution in [2.24, 2.45) is 0 Å². The first-order valence-electron chi connectivity index (χ1n) is 6.95. The van der Waals surface area contributed by atoms with E-state index in [9.17, 15) is 4.79 Å². The van der Waals surface area contributed by atoms with Gasteiger partial charge in [0.05, 0.1) is 12.7 Å². The van der Waals surface area contributed by atoms with E-state index in [1.165, 1.54) is 0 Å². The lowest BCUT2D eigenvalue weighted by Gasteiger charge is -2.09. The highest BCUT2D eigenvalue weighted by atomic mass is 79.9. The molecule has 0 bridgehead atoms. The van der Waals surface area contributed by atoms with Crippen LogP contribution in [0.5, 0.6) is 0 Å². The van der Waals surface area contributed by atoms with Gasteiger partial charge in [-0.1, -0.05) is 44.0 Å². The van der Waals surface area contributed by atoms with E-state index < -0.39 is 0 Å². The molecule has 23 heavy (non-hydrogen) atoms. The smallest absolute Gasteiger partial charge is 0.256 e. The summed E-state index contributed by atoms with van der Waals surface area (Å²) < 4.78 is 3.74. The van der Waals surface area contributed by atoms with Crippen LogP contribution in [0.1, 0.15) is 15.9 Å². The normalized spacial score (nSPS) is 10.5. The molecule has 6 heteroatoms. The van der Waals surface area contributed by atoms with Gasteiger partial charge in [-0.3, -0.25) is 4.79 Å². The molecule has 3 aromatic rings. The maximum atomic E-state index is 12.3. The SMILES string of the molecule is O=C(Nc1ccnn1Cc1ccc(Br)cc1)c1ccc(Br)cc1. The second-order valence-electron chi connectivity index (χ2n) is 4.96. The van der Waals surface area contributed by atoms with E-state index in [0.717, 1.165) is 14.5 Å². The zero-order valence-electron chi connectivity index (χ0n) is 12.0. The topological polar surface area (TPSA) is 46.9 Å². The number of nitrogens with zero attached hydrogens (tertiary/aromatic N) is 2. The lowest BCUT2D eigenvalue weighted by molar-refractivity contribution is 0.102. The average Bonchev–Trinajstić information content (AvgIpc) is 2.97. The third kappa shape index (κ3) is 4.09. The van der Waals surface area contributed by atoms with Gasteiger partial charge in [0.25, 0.3) is 5.91 Å². The molecule has 0 saturated carbocycles. The van der Waals surface area contributed by atoms with Crippen molar-refractivity contribution < 1.29 is 4.79 Å². The minimum atomic E-state index is -0.157. The number of aromatic nitrogens is 2. The van der Waals surface area contributed by atoms with Crippen molar-refractivity contribution in [1.82, 2.24) is 9.78 Å². The van der Waals surface area contributed by atoms with Crippen LogP contribution in [-0.2, 0) is 6.54 Å². The molecule has 1 aromatic heterocycles. The molecule has 0 fully saturated rings. The maximum Gasteiger partial charge on any atom is 0.256 e. The summed E-state index contributed by atoms with van der Waals surface area (Å²) in [5, 5.41) is 7.17. The number of benzene rings is 2. The summed E-state index contributed by atoms with van der Waals surface area (Å²) in [7, 11) is 0. The van der Waals surface area contributed by atoms with Gasteiger partial charge in [0.2, 0.25) is 0 Å². The zero-order valence-corrected chi connectivity index (χ0v) is 15.2. The van der Waals surface area contributed by atoms with Gasteiger partial charge in [0.1, 0.15) is 5.82 Å². The lowest BCUT2D eigenvalue weighted by Crippen LogP contribution is -2.16. The van der Waals surface area contributed by atoms with Gasteiger partial charge in [0.15, 0.2) is 0 Å². The first-order chi connectivity index (χ1) is 11.1. The minimum absolute atomic E-state index is 0.157. The van der Waals surface area contributed by atoms with Crippen molar-refractivity contribution >= 4 is 43.6 Å². The van der Waals surface area contributed by atoms with Crippen LogP contribution in [0.4, 0.5) is 5.82 Å². The van der Waals surface area contributed by atoms with Crippen LogP contribution in [0.2, 0.25) is 0 Å². The molecule has 0 radical (unpaired) electrons. The number of carbonyl (C=O) groups excluding carboxylic acids is 1. The Morgan fingerprint density at radius 2 is 1.57 bits per heavy atom. The third-order valence-corrected chi connectivity index (χ3v) is 4.37. The number of hydrogen-bond donors (Lipinski definition) is 1. The molecule has 1 heterocycles. The van der Waals surface area contributed by atoms with E-state index in [1.54, 1.807) is 29.1 Å². The number of hydrogen-bond acceptors (Lipinski definition) is 2. The fraction of sp³-hybridized carbons (Fsp3) is 0.0588. The van der Waals surface area contributed by atoms with Crippen LogP contribution in [0.15, 0.2) is 69.7 Å². The second-order valence-corrected chi connectivity index (χ2v) is 6.79. The summed E-state index contributed by atoms with van der Waals surface area (Å²) in [6.45, 7) is 0.593. The maximum absolute atomic E-state index is 12.3. The van der Waals surface area contributed by atoms with Crippen molar-refractivity contribution in [2.45, 2.75) is 6.54 Å². The van der Waals surface area contributed by atoms with E-state index in [4.69, 9.17) is 0 Å². The molecule has 4 nitrogen and oxygen atoms in total. The molecule has 1 N–H and O–H groups in total. The molecular weight excluding hydrogens is 422 g/mol.